The summed E-state index contributed by atoms with van der Waals surface area (Å²) in [6.07, 6.45) is 1.83. The molecule has 0 unspecified atom stereocenters. The molecule has 1 amide bonds. The smallest absolute Gasteiger partial charge is 0.242 e. The number of nitrogens with zero attached hydrogens (tertiary/aromatic N) is 3. The van der Waals surface area contributed by atoms with Crippen molar-refractivity contribution in [2.24, 2.45) is 7.05 Å². The van der Waals surface area contributed by atoms with Gasteiger partial charge in [-0.25, -0.2) is 4.39 Å². The van der Waals surface area contributed by atoms with Crippen molar-refractivity contribution in [2.75, 3.05) is 11.9 Å². The summed E-state index contributed by atoms with van der Waals surface area (Å²) in [5, 5.41) is 7.20. The summed E-state index contributed by atoms with van der Waals surface area (Å²) in [6.45, 7) is 3.43. The highest BCUT2D eigenvalue weighted by Gasteiger charge is 2.31. The predicted octanol–water partition coefficient (Wildman–Crippen LogP) is 2.47. The fourth-order valence-corrected chi connectivity index (χ4v) is 3.07. The van der Waals surface area contributed by atoms with Crippen LogP contribution in [0.1, 0.15) is 24.1 Å². The van der Waals surface area contributed by atoms with Crippen LogP contribution in [-0.4, -0.2) is 33.2 Å². The molecule has 3 rings (SSSR count). The molecule has 1 aromatic carbocycles. The molecule has 5 nitrogen and oxygen atoms in total. The summed E-state index contributed by atoms with van der Waals surface area (Å²) in [5.74, 6) is 0.463. The molecule has 23 heavy (non-hydrogen) atoms. The minimum atomic E-state index is -0.240. The van der Waals surface area contributed by atoms with Crippen molar-refractivity contribution in [1.29, 1.82) is 0 Å². The van der Waals surface area contributed by atoms with Gasteiger partial charge in [0.15, 0.2) is 0 Å². The van der Waals surface area contributed by atoms with Crippen molar-refractivity contribution in [2.45, 2.75) is 32.4 Å². The van der Waals surface area contributed by atoms with E-state index in [1.807, 2.05) is 20.0 Å². The minimum Gasteiger partial charge on any atom is -0.310 e. The third-order valence-corrected chi connectivity index (χ3v) is 4.22. The van der Waals surface area contributed by atoms with Crippen LogP contribution in [0.25, 0.3) is 0 Å². The lowest BCUT2D eigenvalue weighted by Crippen LogP contribution is -2.39. The normalized spacial score (nSPS) is 18.3. The van der Waals surface area contributed by atoms with Crippen LogP contribution in [0.4, 0.5) is 10.2 Å². The van der Waals surface area contributed by atoms with E-state index in [0.717, 1.165) is 30.6 Å². The van der Waals surface area contributed by atoms with E-state index in [4.69, 9.17) is 0 Å². The third kappa shape index (κ3) is 3.59. The van der Waals surface area contributed by atoms with Crippen molar-refractivity contribution >= 4 is 11.7 Å². The van der Waals surface area contributed by atoms with E-state index in [1.165, 1.54) is 12.1 Å². The fourth-order valence-electron chi connectivity index (χ4n) is 3.07. The van der Waals surface area contributed by atoms with Gasteiger partial charge in [-0.3, -0.25) is 14.4 Å². The van der Waals surface area contributed by atoms with Crippen LogP contribution in [0.5, 0.6) is 0 Å². The molecule has 0 aliphatic carbocycles. The van der Waals surface area contributed by atoms with E-state index in [-0.39, 0.29) is 17.8 Å². The van der Waals surface area contributed by atoms with Gasteiger partial charge in [-0.15, -0.1) is 0 Å². The number of carbonyl (C=O) groups is 1. The number of anilines is 1. The molecule has 6 heteroatoms. The highest BCUT2D eigenvalue weighted by atomic mass is 19.1. The maximum Gasteiger partial charge on any atom is 0.242 e. The van der Waals surface area contributed by atoms with Crippen molar-refractivity contribution < 1.29 is 9.18 Å². The second-order valence-electron chi connectivity index (χ2n) is 6.04. The van der Waals surface area contributed by atoms with Crippen LogP contribution in [0.2, 0.25) is 0 Å². The van der Waals surface area contributed by atoms with Gasteiger partial charge >= 0.3 is 0 Å². The van der Waals surface area contributed by atoms with Crippen LogP contribution < -0.4 is 5.32 Å². The molecule has 0 spiro atoms. The summed E-state index contributed by atoms with van der Waals surface area (Å²) in [6, 6.07) is 8.16. The minimum absolute atomic E-state index is 0.00684. The maximum atomic E-state index is 13.0. The van der Waals surface area contributed by atoms with E-state index in [1.54, 1.807) is 16.8 Å². The number of likely N-dealkylation sites (tertiary alicyclic amines) is 1. The Hall–Kier alpha value is -2.21. The van der Waals surface area contributed by atoms with Gasteiger partial charge in [0.05, 0.1) is 11.7 Å². The van der Waals surface area contributed by atoms with Crippen molar-refractivity contribution in [3.05, 3.63) is 47.4 Å². The Bertz CT molecular complexity index is 695. The number of aryl methyl sites for hydroxylation is 2. The van der Waals surface area contributed by atoms with Gasteiger partial charge in [0.25, 0.3) is 0 Å². The van der Waals surface area contributed by atoms with E-state index in [9.17, 15) is 9.18 Å². The topological polar surface area (TPSA) is 50.2 Å². The monoisotopic (exact) mass is 316 g/mol. The Morgan fingerprint density at radius 2 is 2.13 bits per heavy atom. The lowest BCUT2D eigenvalue weighted by molar-refractivity contribution is -0.120. The SMILES string of the molecule is Cc1cc(NC(=O)[C@@H]2CCCN2Cc2ccc(F)cc2)n(C)n1. The number of hydrogen-bond donors (Lipinski definition) is 1. The number of hydrogen-bond acceptors (Lipinski definition) is 3. The number of rotatable bonds is 4. The average Bonchev–Trinajstić information content (AvgIpc) is 3.08. The van der Waals surface area contributed by atoms with Crippen LogP contribution in [0, 0.1) is 12.7 Å². The largest absolute Gasteiger partial charge is 0.310 e. The Morgan fingerprint density at radius 3 is 2.78 bits per heavy atom. The van der Waals surface area contributed by atoms with Gasteiger partial charge in [-0.05, 0) is 44.0 Å². The van der Waals surface area contributed by atoms with Gasteiger partial charge in [0, 0.05) is 19.7 Å². The molecule has 2 heterocycles. The molecule has 0 saturated carbocycles. The number of carbonyl (C=O) groups excluding carboxylic acids is 1. The zero-order valence-corrected chi connectivity index (χ0v) is 13.4. The van der Waals surface area contributed by atoms with Gasteiger partial charge < -0.3 is 5.32 Å². The predicted molar refractivity (Wildman–Crippen MR) is 86.4 cm³/mol. The lowest BCUT2D eigenvalue weighted by Gasteiger charge is -2.23. The standard InChI is InChI=1S/C17H21FN4O/c1-12-10-16(21(2)20-12)19-17(23)15-4-3-9-22(15)11-13-5-7-14(18)8-6-13/h5-8,10,15H,3-4,9,11H2,1-2H3,(H,19,23)/t15-/m0/s1. The van der Waals surface area contributed by atoms with E-state index in [2.05, 4.69) is 15.3 Å². The van der Waals surface area contributed by atoms with Gasteiger partial charge in [-0.1, -0.05) is 12.1 Å². The lowest BCUT2D eigenvalue weighted by atomic mass is 10.1. The van der Waals surface area contributed by atoms with E-state index >= 15 is 0 Å². The second kappa shape index (κ2) is 6.50. The highest BCUT2D eigenvalue weighted by molar-refractivity contribution is 5.94. The van der Waals surface area contributed by atoms with Crippen molar-refractivity contribution in [1.82, 2.24) is 14.7 Å². The number of benzene rings is 1. The zero-order valence-electron chi connectivity index (χ0n) is 13.4. The summed E-state index contributed by atoms with van der Waals surface area (Å²) in [7, 11) is 1.81. The number of aromatic nitrogens is 2. The fraction of sp³-hybridized carbons (Fsp3) is 0.412. The molecule has 122 valence electrons. The Balaban J connectivity index is 1.67. The van der Waals surface area contributed by atoms with Crippen LogP contribution in [-0.2, 0) is 18.4 Å². The summed E-state index contributed by atoms with van der Waals surface area (Å²) in [5.41, 5.74) is 1.89. The van der Waals surface area contributed by atoms with Crippen LogP contribution in [0.3, 0.4) is 0 Å². The third-order valence-electron chi connectivity index (χ3n) is 4.22. The Morgan fingerprint density at radius 1 is 1.39 bits per heavy atom. The number of halogens is 1. The van der Waals surface area contributed by atoms with Gasteiger partial charge in [-0.2, -0.15) is 5.10 Å². The molecule has 1 fully saturated rings. The maximum absolute atomic E-state index is 13.0. The Labute approximate surface area is 135 Å². The molecule has 1 N–H and O–H groups in total. The van der Waals surface area contributed by atoms with Crippen molar-refractivity contribution in [3.63, 3.8) is 0 Å². The summed E-state index contributed by atoms with van der Waals surface area (Å²) in [4.78, 5) is 14.7. The molecule has 1 aromatic heterocycles. The average molecular weight is 316 g/mol. The molecule has 1 aliphatic rings. The summed E-state index contributed by atoms with van der Waals surface area (Å²) >= 11 is 0. The highest BCUT2D eigenvalue weighted by Crippen LogP contribution is 2.22. The quantitative estimate of drug-likeness (QED) is 0.943. The second-order valence-corrected chi connectivity index (χ2v) is 6.04. The molecule has 1 saturated heterocycles. The molecule has 1 atom stereocenters. The first kappa shape index (κ1) is 15.7. The first-order valence-corrected chi connectivity index (χ1v) is 7.83. The van der Waals surface area contributed by atoms with E-state index < -0.39 is 0 Å². The number of amides is 1. The van der Waals surface area contributed by atoms with E-state index in [0.29, 0.717) is 12.4 Å². The van der Waals surface area contributed by atoms with Crippen LogP contribution >= 0.6 is 0 Å². The first-order chi connectivity index (χ1) is 11.0. The van der Waals surface area contributed by atoms with Crippen molar-refractivity contribution in [3.8, 4) is 0 Å². The molecule has 0 radical (unpaired) electrons. The van der Waals surface area contributed by atoms with Crippen LogP contribution in [0.15, 0.2) is 30.3 Å². The summed E-state index contributed by atoms with van der Waals surface area (Å²) < 4.78 is 14.7. The molecular weight excluding hydrogens is 295 g/mol. The first-order valence-electron chi connectivity index (χ1n) is 7.83. The Kier molecular flexibility index (Phi) is 4.43. The van der Waals surface area contributed by atoms with Gasteiger partial charge in [0.2, 0.25) is 5.91 Å². The number of nitrogens with one attached hydrogen (secondary N) is 1. The molecule has 0 bridgehead atoms. The van der Waals surface area contributed by atoms with Gasteiger partial charge in [0.1, 0.15) is 11.6 Å². The molecular formula is C17H21FN4O. The molecule has 2 aromatic rings. The molecule has 1 aliphatic heterocycles. The zero-order chi connectivity index (χ0) is 16.4.